The van der Waals surface area contributed by atoms with Crippen molar-refractivity contribution in [1.82, 2.24) is 55.0 Å². The third-order valence-electron chi connectivity index (χ3n) is 20.8. The average molecular weight is 1210 g/mol. The van der Waals surface area contributed by atoms with E-state index in [0.29, 0.717) is 84.4 Å². The summed E-state index contributed by atoms with van der Waals surface area (Å²) in [5.41, 5.74) is 15.9. The maximum absolute atomic E-state index is 14.8. The third-order valence-corrected chi connectivity index (χ3v) is 20.8. The van der Waals surface area contributed by atoms with Gasteiger partial charge in [-0.25, -0.2) is 24.9 Å². The first-order valence-corrected chi connectivity index (χ1v) is 32.9. The van der Waals surface area contributed by atoms with Gasteiger partial charge in [-0.3, -0.25) is 39.7 Å². The molecule has 6 saturated heterocycles. The second kappa shape index (κ2) is 25.0. The van der Waals surface area contributed by atoms with Crippen LogP contribution in [-0.2, 0) is 9.47 Å². The van der Waals surface area contributed by atoms with E-state index < -0.39 is 5.91 Å². The van der Waals surface area contributed by atoms with Gasteiger partial charge >= 0.3 is 0 Å². The summed E-state index contributed by atoms with van der Waals surface area (Å²) in [6, 6.07) is 30.5. The monoisotopic (exact) mass is 1200 g/mol. The number of rotatable bonds is 18. The van der Waals surface area contributed by atoms with Crippen LogP contribution in [0.3, 0.4) is 0 Å². The van der Waals surface area contributed by atoms with E-state index in [1.54, 1.807) is 12.4 Å². The molecule has 3 saturated carbocycles. The number of hydrazine groups is 1. The van der Waals surface area contributed by atoms with Crippen molar-refractivity contribution in [2.45, 2.75) is 107 Å². The standard InChI is InChI=1S/C67H84N18O4/c68-60(86)58-63(77-61(56(75-58)52-5-1-3-27-69-52)73-54-21-41-88-43-66(54)23-24-66)71-45-7-11-47(12-8-45)81-31-19-51(20-32-81)84-37-39-85(40-38-84)79-65(87)59-64(78-62(57(76-59)53-6-2-4-28-70-53)74-55-22-42-89-44-67(55)25-26-67)72-46-9-13-48(14-10-46)80-29-17-50(18-30-80)83-35-33-82(34-36-83)49-15-16-49/h1-14,27-28,49-51,54-55H,15-26,29-44H2,(H2,68,86)(H,79,87)(H2,71,73,77)(H2,72,74,78). The maximum atomic E-state index is 14.8. The van der Waals surface area contributed by atoms with E-state index >= 15 is 0 Å². The summed E-state index contributed by atoms with van der Waals surface area (Å²) in [7, 11) is 0. The number of carbonyl (C=O) groups is 2. The van der Waals surface area contributed by atoms with Crippen LogP contribution < -0.4 is 42.2 Å². The molecule has 2 spiro atoms. The number of piperazine rings is 2. The lowest BCUT2D eigenvalue weighted by Crippen LogP contribution is -2.57. The van der Waals surface area contributed by atoms with Crippen molar-refractivity contribution in [3.63, 3.8) is 0 Å². The molecule has 2 aromatic carbocycles. The Bertz CT molecular complexity index is 3450. The highest BCUT2D eigenvalue weighted by Gasteiger charge is 2.53. The number of hydrogen-bond acceptors (Lipinski definition) is 20. The molecule has 22 heteroatoms. The summed E-state index contributed by atoms with van der Waals surface area (Å²) >= 11 is 0. The Balaban J connectivity index is 0.589. The van der Waals surface area contributed by atoms with Gasteiger partial charge in [-0.05, 0) is 150 Å². The number of carbonyl (C=O) groups excluding carboxylic acids is 2. The van der Waals surface area contributed by atoms with Crippen molar-refractivity contribution in [2.24, 2.45) is 16.6 Å². The highest BCUT2D eigenvalue weighted by atomic mass is 16.5. The van der Waals surface area contributed by atoms with Crippen molar-refractivity contribution < 1.29 is 19.1 Å². The molecule has 89 heavy (non-hydrogen) atoms. The minimum absolute atomic E-state index is 0.0470. The molecule has 10 heterocycles. The summed E-state index contributed by atoms with van der Waals surface area (Å²) < 4.78 is 11.9. The number of amides is 2. The molecule has 22 nitrogen and oxygen atoms in total. The molecule has 9 fully saturated rings. The molecule has 9 aliphatic rings. The molecule has 6 aliphatic heterocycles. The zero-order valence-corrected chi connectivity index (χ0v) is 51.0. The van der Waals surface area contributed by atoms with Gasteiger partial charge in [0.1, 0.15) is 11.4 Å². The number of hydrogen-bond donors (Lipinski definition) is 6. The van der Waals surface area contributed by atoms with Gasteiger partial charge in [0.2, 0.25) is 0 Å². The number of ether oxygens (including phenoxy) is 2. The van der Waals surface area contributed by atoms with E-state index in [-0.39, 0.29) is 40.2 Å². The van der Waals surface area contributed by atoms with E-state index in [9.17, 15) is 9.59 Å². The summed E-state index contributed by atoms with van der Waals surface area (Å²) in [5, 5.41) is 16.5. The predicted octanol–water partition coefficient (Wildman–Crippen LogP) is 7.62. The summed E-state index contributed by atoms with van der Waals surface area (Å²) in [6.45, 7) is 14.5. The predicted molar refractivity (Wildman–Crippen MR) is 345 cm³/mol. The van der Waals surface area contributed by atoms with Crippen molar-refractivity contribution in [2.75, 3.05) is 136 Å². The number of piperidine rings is 2. The van der Waals surface area contributed by atoms with Gasteiger partial charge in [0.15, 0.2) is 34.7 Å². The summed E-state index contributed by atoms with van der Waals surface area (Å²) in [6.07, 6.45) is 16.8. The van der Waals surface area contributed by atoms with Crippen LogP contribution in [0.4, 0.5) is 46.0 Å². The summed E-state index contributed by atoms with van der Waals surface area (Å²) in [4.78, 5) is 70.4. The van der Waals surface area contributed by atoms with Crippen LogP contribution >= 0.6 is 0 Å². The Morgan fingerprint density at radius 2 is 0.899 bits per heavy atom. The van der Waals surface area contributed by atoms with Gasteiger partial charge in [-0.1, -0.05) is 12.1 Å². The molecule has 3 aliphatic carbocycles. The van der Waals surface area contributed by atoms with E-state index in [1.807, 2.05) is 53.5 Å². The first-order valence-electron chi connectivity index (χ1n) is 32.9. The highest BCUT2D eigenvalue weighted by molar-refractivity contribution is 5.99. The lowest BCUT2D eigenvalue weighted by molar-refractivity contribution is 0.0350. The van der Waals surface area contributed by atoms with E-state index in [2.05, 4.69) is 92.6 Å². The number of anilines is 8. The highest BCUT2D eigenvalue weighted by Crippen LogP contribution is 2.54. The maximum Gasteiger partial charge on any atom is 0.288 e. The molecule has 0 bridgehead atoms. The molecule has 0 radical (unpaired) electrons. The minimum atomic E-state index is -0.677. The van der Waals surface area contributed by atoms with Crippen LogP contribution in [-0.4, -0.2) is 197 Å². The number of primary amides is 1. The van der Waals surface area contributed by atoms with E-state index in [1.165, 1.54) is 57.5 Å². The van der Waals surface area contributed by atoms with Crippen molar-refractivity contribution in [3.8, 4) is 22.8 Å². The Kier molecular flexibility index (Phi) is 16.2. The molecule has 7 N–H and O–H groups in total. The molecule has 6 aromatic rings. The Hall–Kier alpha value is -7.60. The SMILES string of the molecule is NC(=O)c1nc(-c2ccccn2)c(NC2CCOCC23CC3)nc1Nc1ccc(N2CCC(N3CCN(NC(=O)c4nc(-c5ccccn5)c(NC5CCOCC56CC6)nc4Nc4ccc(N5CCC(N6CCN(C7CC7)CC6)CC5)cc4)CC3)CC2)cc1. The second-order valence-corrected chi connectivity index (χ2v) is 26.4. The number of benzene rings is 2. The molecule has 4 aromatic heterocycles. The van der Waals surface area contributed by atoms with Crippen LogP contribution in [0, 0.1) is 10.8 Å². The molecule has 2 amide bonds. The third kappa shape index (κ3) is 12.7. The van der Waals surface area contributed by atoms with Crippen LogP contribution in [0.2, 0.25) is 0 Å². The van der Waals surface area contributed by atoms with Gasteiger partial charge in [0.05, 0.1) is 24.6 Å². The zero-order valence-electron chi connectivity index (χ0n) is 51.0. The lowest BCUT2D eigenvalue weighted by Gasteiger charge is -2.43. The number of nitrogens with one attached hydrogen (secondary N) is 5. The molecule has 15 rings (SSSR count). The van der Waals surface area contributed by atoms with Crippen molar-refractivity contribution in [3.05, 3.63) is 109 Å². The fourth-order valence-electron chi connectivity index (χ4n) is 14.9. The summed E-state index contributed by atoms with van der Waals surface area (Å²) in [5.74, 6) is 0.859. The van der Waals surface area contributed by atoms with Gasteiger partial charge in [0.25, 0.3) is 11.8 Å². The van der Waals surface area contributed by atoms with Crippen LogP contribution in [0.15, 0.2) is 97.3 Å². The first-order chi connectivity index (χ1) is 43.7. The lowest BCUT2D eigenvalue weighted by atomic mass is 9.92. The smallest absolute Gasteiger partial charge is 0.288 e. The fourth-order valence-corrected chi connectivity index (χ4v) is 14.9. The van der Waals surface area contributed by atoms with Crippen molar-refractivity contribution in [1.29, 1.82) is 0 Å². The van der Waals surface area contributed by atoms with E-state index in [4.69, 9.17) is 40.1 Å². The number of nitrogens with two attached hydrogens (primary N) is 1. The minimum Gasteiger partial charge on any atom is -0.381 e. The zero-order chi connectivity index (χ0) is 59.9. The Morgan fingerprint density at radius 1 is 0.472 bits per heavy atom. The molecular formula is C67H84N18O4. The van der Waals surface area contributed by atoms with Crippen LogP contribution in [0.5, 0.6) is 0 Å². The number of aromatic nitrogens is 6. The first kappa shape index (κ1) is 57.8. The largest absolute Gasteiger partial charge is 0.381 e. The van der Waals surface area contributed by atoms with E-state index in [0.717, 1.165) is 127 Å². The quantitative estimate of drug-likeness (QED) is 0.0485. The fraction of sp³-hybridized carbons (Fsp3) is 0.522. The Labute approximate surface area is 521 Å². The molecule has 466 valence electrons. The number of nitrogens with zero attached hydrogens (tertiary/aromatic N) is 12. The van der Waals surface area contributed by atoms with Gasteiger partial charge in [0, 0.05) is 168 Å². The van der Waals surface area contributed by atoms with Crippen LogP contribution in [0.25, 0.3) is 22.8 Å². The molecule has 2 unspecified atom stereocenters. The van der Waals surface area contributed by atoms with Crippen molar-refractivity contribution >= 4 is 57.8 Å². The molecule has 2 atom stereocenters. The second-order valence-electron chi connectivity index (χ2n) is 26.4. The molecular weight excluding hydrogens is 1120 g/mol. The Morgan fingerprint density at radius 3 is 1.31 bits per heavy atom. The average Bonchev–Trinajstić information content (AvgIpc) is 1.91. The van der Waals surface area contributed by atoms with Gasteiger partial charge in [-0.2, -0.15) is 0 Å². The van der Waals surface area contributed by atoms with Crippen LogP contribution in [0.1, 0.15) is 98.0 Å². The van der Waals surface area contributed by atoms with Gasteiger partial charge in [-0.15, -0.1) is 0 Å². The topological polar surface area (TPSA) is 236 Å². The number of pyridine rings is 2. The normalized spacial score (nSPS) is 23.5. The van der Waals surface area contributed by atoms with Gasteiger partial charge < -0.3 is 46.3 Å².